The number of amides is 1. The van der Waals surface area contributed by atoms with Crippen LogP contribution in [0, 0.1) is 17.8 Å². The van der Waals surface area contributed by atoms with Crippen LogP contribution in [-0.2, 0) is 4.79 Å². The summed E-state index contributed by atoms with van der Waals surface area (Å²) in [5.74, 6) is -2.80. The molecule has 1 fully saturated rings. The molecule has 0 aromatic carbocycles. The molecule has 0 radical (unpaired) electrons. The van der Waals surface area contributed by atoms with E-state index in [1.165, 1.54) is 0 Å². The van der Waals surface area contributed by atoms with Gasteiger partial charge in [0, 0.05) is 12.5 Å². The Balaban J connectivity index is 2.58. The summed E-state index contributed by atoms with van der Waals surface area (Å²) in [6.45, 7) is 2.60. The van der Waals surface area contributed by atoms with Crippen molar-refractivity contribution in [3.63, 3.8) is 0 Å². The van der Waals surface area contributed by atoms with Crippen molar-refractivity contribution in [2.75, 3.05) is 13.1 Å². The maximum atomic E-state index is 12.8. The molecule has 0 aromatic rings. The molecule has 18 heavy (non-hydrogen) atoms. The Bertz CT molecular complexity index is 281. The third-order valence-corrected chi connectivity index (χ3v) is 3.55. The highest BCUT2D eigenvalue weighted by Crippen LogP contribution is 2.41. The smallest absolute Gasteiger partial charge is 0.356 e. The number of rotatable bonds is 4. The summed E-state index contributed by atoms with van der Waals surface area (Å²) in [6, 6.07) is 0. The number of hydrogen-bond donors (Lipinski definition) is 2. The topological polar surface area (TPSA) is 55.1 Å². The SMILES string of the molecule is CC(CN)CNC(=O)C1CCCCC1C(F)(F)F. The summed E-state index contributed by atoms with van der Waals surface area (Å²) >= 11 is 0. The monoisotopic (exact) mass is 266 g/mol. The van der Waals surface area contributed by atoms with Gasteiger partial charge >= 0.3 is 6.18 Å². The second-order valence-electron chi connectivity index (χ2n) is 5.13. The largest absolute Gasteiger partial charge is 0.392 e. The van der Waals surface area contributed by atoms with Gasteiger partial charge in [-0.25, -0.2) is 0 Å². The molecular formula is C12H21F3N2O. The molecule has 0 saturated heterocycles. The fourth-order valence-corrected chi connectivity index (χ4v) is 2.33. The molecule has 1 saturated carbocycles. The molecule has 1 rings (SSSR count). The fraction of sp³-hybridized carbons (Fsp3) is 0.917. The number of carbonyl (C=O) groups excluding carboxylic acids is 1. The Morgan fingerprint density at radius 2 is 2.00 bits per heavy atom. The lowest BCUT2D eigenvalue weighted by Crippen LogP contribution is -2.44. The van der Waals surface area contributed by atoms with Crippen molar-refractivity contribution in [3.05, 3.63) is 0 Å². The molecule has 1 amide bonds. The van der Waals surface area contributed by atoms with Crippen LogP contribution in [0.1, 0.15) is 32.6 Å². The van der Waals surface area contributed by atoms with Gasteiger partial charge in [0.15, 0.2) is 0 Å². The second kappa shape index (κ2) is 6.41. The van der Waals surface area contributed by atoms with E-state index in [2.05, 4.69) is 5.32 Å². The van der Waals surface area contributed by atoms with Crippen molar-refractivity contribution in [1.29, 1.82) is 0 Å². The summed E-state index contributed by atoms with van der Waals surface area (Å²) in [7, 11) is 0. The van der Waals surface area contributed by atoms with Crippen LogP contribution in [0.2, 0.25) is 0 Å². The Labute approximate surface area is 105 Å². The highest BCUT2D eigenvalue weighted by molar-refractivity contribution is 5.79. The Morgan fingerprint density at radius 3 is 2.56 bits per heavy atom. The number of hydrogen-bond acceptors (Lipinski definition) is 2. The zero-order valence-electron chi connectivity index (χ0n) is 10.6. The van der Waals surface area contributed by atoms with Gasteiger partial charge in [-0.15, -0.1) is 0 Å². The molecule has 6 heteroatoms. The summed E-state index contributed by atoms with van der Waals surface area (Å²) in [5, 5.41) is 2.59. The fourth-order valence-electron chi connectivity index (χ4n) is 2.33. The van der Waals surface area contributed by atoms with Crippen LogP contribution in [0.3, 0.4) is 0 Å². The van der Waals surface area contributed by atoms with Gasteiger partial charge in [-0.3, -0.25) is 4.79 Å². The first-order valence-corrected chi connectivity index (χ1v) is 6.40. The van der Waals surface area contributed by atoms with Crippen LogP contribution in [0.15, 0.2) is 0 Å². The maximum absolute atomic E-state index is 12.8. The lowest BCUT2D eigenvalue weighted by molar-refractivity contribution is -0.198. The molecule has 0 spiro atoms. The summed E-state index contributed by atoms with van der Waals surface area (Å²) in [6.07, 6.45) is -2.65. The third-order valence-electron chi connectivity index (χ3n) is 3.55. The van der Waals surface area contributed by atoms with E-state index in [1.54, 1.807) is 0 Å². The van der Waals surface area contributed by atoms with Crippen LogP contribution in [0.25, 0.3) is 0 Å². The van der Waals surface area contributed by atoms with Gasteiger partial charge in [0.25, 0.3) is 0 Å². The molecule has 1 aliphatic carbocycles. The second-order valence-corrected chi connectivity index (χ2v) is 5.13. The highest BCUT2D eigenvalue weighted by Gasteiger charge is 2.47. The number of halogens is 3. The van der Waals surface area contributed by atoms with E-state index in [0.29, 0.717) is 32.4 Å². The molecule has 3 nitrogen and oxygen atoms in total. The van der Waals surface area contributed by atoms with Gasteiger partial charge in [0.05, 0.1) is 5.92 Å². The molecule has 1 aliphatic rings. The van der Waals surface area contributed by atoms with Gasteiger partial charge in [-0.2, -0.15) is 13.2 Å². The maximum Gasteiger partial charge on any atom is 0.392 e. The van der Waals surface area contributed by atoms with Crippen molar-refractivity contribution in [3.8, 4) is 0 Å². The number of carbonyl (C=O) groups is 1. The van der Waals surface area contributed by atoms with E-state index in [1.807, 2.05) is 6.92 Å². The summed E-state index contributed by atoms with van der Waals surface area (Å²) in [4.78, 5) is 11.8. The zero-order valence-corrected chi connectivity index (χ0v) is 10.6. The predicted molar refractivity (Wildman–Crippen MR) is 62.7 cm³/mol. The van der Waals surface area contributed by atoms with Gasteiger partial charge in [0.2, 0.25) is 5.91 Å². The predicted octanol–water partition coefficient (Wildman–Crippen LogP) is 2.07. The van der Waals surface area contributed by atoms with E-state index >= 15 is 0 Å². The van der Waals surface area contributed by atoms with E-state index in [9.17, 15) is 18.0 Å². The summed E-state index contributed by atoms with van der Waals surface area (Å²) < 4.78 is 38.5. The Hall–Kier alpha value is -0.780. The van der Waals surface area contributed by atoms with Crippen molar-refractivity contribution in [1.82, 2.24) is 5.32 Å². The van der Waals surface area contributed by atoms with E-state index in [-0.39, 0.29) is 12.3 Å². The molecule has 106 valence electrons. The molecule has 3 unspecified atom stereocenters. The molecule has 0 heterocycles. The normalized spacial score (nSPS) is 26.7. The Kier molecular flexibility index (Phi) is 5.44. The molecular weight excluding hydrogens is 245 g/mol. The molecule has 0 aromatic heterocycles. The van der Waals surface area contributed by atoms with Gasteiger partial charge in [-0.1, -0.05) is 19.8 Å². The average Bonchev–Trinajstić information content (AvgIpc) is 2.34. The molecule has 0 bridgehead atoms. The van der Waals surface area contributed by atoms with Crippen molar-refractivity contribution >= 4 is 5.91 Å². The van der Waals surface area contributed by atoms with E-state index < -0.39 is 23.9 Å². The van der Waals surface area contributed by atoms with Crippen LogP contribution >= 0.6 is 0 Å². The minimum atomic E-state index is -4.28. The van der Waals surface area contributed by atoms with Crippen LogP contribution in [-0.4, -0.2) is 25.2 Å². The van der Waals surface area contributed by atoms with Crippen molar-refractivity contribution in [2.45, 2.75) is 38.8 Å². The minimum absolute atomic E-state index is 0.0635. The van der Waals surface area contributed by atoms with E-state index in [0.717, 1.165) is 0 Å². The van der Waals surface area contributed by atoms with Crippen LogP contribution in [0.4, 0.5) is 13.2 Å². The third kappa shape index (κ3) is 4.15. The first-order chi connectivity index (χ1) is 8.36. The highest BCUT2D eigenvalue weighted by atomic mass is 19.4. The molecule has 3 atom stereocenters. The van der Waals surface area contributed by atoms with Crippen LogP contribution < -0.4 is 11.1 Å². The first kappa shape index (κ1) is 15.3. The van der Waals surface area contributed by atoms with Gasteiger partial charge < -0.3 is 11.1 Å². The Morgan fingerprint density at radius 1 is 1.39 bits per heavy atom. The van der Waals surface area contributed by atoms with E-state index in [4.69, 9.17) is 5.73 Å². The van der Waals surface area contributed by atoms with Crippen molar-refractivity contribution in [2.24, 2.45) is 23.5 Å². The average molecular weight is 266 g/mol. The minimum Gasteiger partial charge on any atom is -0.356 e. The first-order valence-electron chi connectivity index (χ1n) is 6.40. The van der Waals surface area contributed by atoms with Crippen LogP contribution in [0.5, 0.6) is 0 Å². The number of nitrogens with one attached hydrogen (secondary N) is 1. The number of alkyl halides is 3. The van der Waals surface area contributed by atoms with Gasteiger partial charge in [-0.05, 0) is 25.3 Å². The van der Waals surface area contributed by atoms with Gasteiger partial charge in [0.1, 0.15) is 0 Å². The van der Waals surface area contributed by atoms with Crippen molar-refractivity contribution < 1.29 is 18.0 Å². The quantitative estimate of drug-likeness (QED) is 0.818. The lowest BCUT2D eigenvalue weighted by atomic mass is 9.78. The number of nitrogens with two attached hydrogens (primary N) is 1. The summed E-state index contributed by atoms with van der Waals surface area (Å²) in [5.41, 5.74) is 5.40. The standard InChI is InChI=1S/C12H21F3N2O/c1-8(6-16)7-17-11(18)9-4-2-3-5-10(9)12(13,14)15/h8-10H,2-7,16H2,1H3,(H,17,18). The molecule has 3 N–H and O–H groups in total. The molecule has 0 aliphatic heterocycles. The zero-order chi connectivity index (χ0) is 13.8. The lowest BCUT2D eigenvalue weighted by Gasteiger charge is -2.32.